The second kappa shape index (κ2) is 7.00. The highest BCUT2D eigenvalue weighted by molar-refractivity contribution is 6.37. The van der Waals surface area contributed by atoms with Gasteiger partial charge in [-0.1, -0.05) is 29.3 Å². The van der Waals surface area contributed by atoms with Crippen LogP contribution in [0.3, 0.4) is 0 Å². The zero-order valence-electron chi connectivity index (χ0n) is 9.15. The van der Waals surface area contributed by atoms with Crippen LogP contribution in [0, 0.1) is 0 Å². The molecule has 0 unspecified atom stereocenters. The zero-order chi connectivity index (χ0) is 13.5. The van der Waals surface area contributed by atoms with E-state index in [0.717, 1.165) is 0 Å². The summed E-state index contributed by atoms with van der Waals surface area (Å²) in [6, 6.07) is 4.99. The van der Waals surface area contributed by atoms with Crippen molar-refractivity contribution in [1.82, 2.24) is 5.48 Å². The lowest BCUT2D eigenvalue weighted by Gasteiger charge is -2.02. The number of hydrogen-bond donors (Lipinski definition) is 2. The van der Waals surface area contributed by atoms with Crippen molar-refractivity contribution in [3.8, 4) is 0 Å². The molecule has 1 aromatic rings. The molecule has 0 bridgehead atoms. The molecular formula is C11H10Cl2N2O3. The zero-order valence-corrected chi connectivity index (χ0v) is 10.7. The molecule has 0 saturated heterocycles. The standard InChI is InChI=1S/C11H10Cl2N2O3/c12-8-2-1-3-9(13)7(8)4-5-11(17)15-18-6-10(14)16/h1-5H,6H2,(H2,14,16)(H,15,17)/b5-4+. The van der Waals surface area contributed by atoms with Gasteiger partial charge in [0.15, 0.2) is 6.61 Å². The first-order valence-electron chi connectivity index (χ1n) is 4.83. The van der Waals surface area contributed by atoms with Crippen LogP contribution in [0.4, 0.5) is 0 Å². The normalized spacial score (nSPS) is 10.6. The predicted octanol–water partition coefficient (Wildman–Crippen LogP) is 1.54. The average Bonchev–Trinajstić information content (AvgIpc) is 2.27. The van der Waals surface area contributed by atoms with E-state index in [4.69, 9.17) is 28.9 Å². The van der Waals surface area contributed by atoms with Crippen molar-refractivity contribution in [3.05, 3.63) is 39.9 Å². The Balaban J connectivity index is 2.58. The van der Waals surface area contributed by atoms with Crippen LogP contribution in [0.25, 0.3) is 6.08 Å². The molecule has 5 nitrogen and oxygen atoms in total. The van der Waals surface area contributed by atoms with Crippen LogP contribution in [-0.2, 0) is 14.4 Å². The van der Waals surface area contributed by atoms with Gasteiger partial charge in [-0.2, -0.15) is 0 Å². The highest BCUT2D eigenvalue weighted by Crippen LogP contribution is 2.25. The summed E-state index contributed by atoms with van der Waals surface area (Å²) in [6.45, 7) is -0.396. The maximum atomic E-state index is 11.3. The quantitative estimate of drug-likeness (QED) is 0.637. The molecule has 0 saturated carbocycles. The SMILES string of the molecule is NC(=O)CONC(=O)/C=C/c1c(Cl)cccc1Cl. The number of halogens is 2. The molecule has 96 valence electrons. The van der Waals surface area contributed by atoms with Gasteiger partial charge in [-0.3, -0.25) is 14.4 Å². The summed E-state index contributed by atoms with van der Waals surface area (Å²) < 4.78 is 0. The minimum absolute atomic E-state index is 0.396. The van der Waals surface area contributed by atoms with Crippen LogP contribution < -0.4 is 11.2 Å². The van der Waals surface area contributed by atoms with E-state index in [1.807, 2.05) is 5.48 Å². The molecule has 7 heteroatoms. The number of benzene rings is 1. The molecule has 1 rings (SSSR count). The summed E-state index contributed by atoms with van der Waals surface area (Å²) in [5.74, 6) is -1.25. The Bertz CT molecular complexity index is 469. The third-order valence-electron chi connectivity index (χ3n) is 1.79. The van der Waals surface area contributed by atoms with Crippen molar-refractivity contribution < 1.29 is 14.4 Å². The van der Waals surface area contributed by atoms with Gasteiger partial charge >= 0.3 is 0 Å². The number of nitrogens with one attached hydrogen (secondary N) is 1. The predicted molar refractivity (Wildman–Crippen MR) is 68.8 cm³/mol. The molecule has 0 radical (unpaired) electrons. The highest BCUT2D eigenvalue weighted by atomic mass is 35.5. The summed E-state index contributed by atoms with van der Waals surface area (Å²) >= 11 is 11.8. The van der Waals surface area contributed by atoms with Crippen LogP contribution >= 0.6 is 23.2 Å². The van der Waals surface area contributed by atoms with Gasteiger partial charge in [0.25, 0.3) is 5.91 Å². The number of carbonyl (C=O) groups is 2. The van der Waals surface area contributed by atoms with E-state index in [0.29, 0.717) is 15.6 Å². The van der Waals surface area contributed by atoms with Crippen LogP contribution in [0.15, 0.2) is 24.3 Å². The van der Waals surface area contributed by atoms with Gasteiger partial charge in [0.05, 0.1) is 0 Å². The third kappa shape index (κ3) is 4.75. The first-order valence-corrected chi connectivity index (χ1v) is 5.58. The fraction of sp³-hybridized carbons (Fsp3) is 0.0909. The molecule has 0 aromatic heterocycles. The van der Waals surface area contributed by atoms with Crippen LogP contribution in [0.5, 0.6) is 0 Å². The number of amides is 2. The number of primary amides is 1. The molecule has 0 heterocycles. The summed E-state index contributed by atoms with van der Waals surface area (Å²) in [7, 11) is 0. The molecule has 3 N–H and O–H groups in total. The molecule has 1 aromatic carbocycles. The Hall–Kier alpha value is -1.56. The number of hydrogen-bond acceptors (Lipinski definition) is 3. The van der Waals surface area contributed by atoms with Gasteiger partial charge < -0.3 is 5.73 Å². The number of rotatable bonds is 5. The summed E-state index contributed by atoms with van der Waals surface area (Å²) in [4.78, 5) is 26.1. The largest absolute Gasteiger partial charge is 0.368 e. The molecule has 0 fully saturated rings. The Labute approximate surface area is 113 Å². The average molecular weight is 289 g/mol. The van der Waals surface area contributed by atoms with Crippen molar-refractivity contribution in [2.45, 2.75) is 0 Å². The number of hydroxylamine groups is 1. The minimum atomic E-state index is -0.687. The Morgan fingerprint density at radius 3 is 2.50 bits per heavy atom. The molecule has 2 amide bonds. The molecular weight excluding hydrogens is 279 g/mol. The van der Waals surface area contributed by atoms with E-state index < -0.39 is 18.4 Å². The van der Waals surface area contributed by atoms with Crippen LogP contribution in [0.2, 0.25) is 10.0 Å². The molecule has 18 heavy (non-hydrogen) atoms. The molecule has 0 spiro atoms. The summed E-state index contributed by atoms with van der Waals surface area (Å²) in [5, 5.41) is 0.842. The molecule has 0 aliphatic carbocycles. The monoisotopic (exact) mass is 288 g/mol. The Kier molecular flexibility index (Phi) is 5.64. The second-order valence-electron chi connectivity index (χ2n) is 3.19. The molecule has 0 aliphatic rings. The lowest BCUT2D eigenvalue weighted by atomic mass is 10.2. The van der Waals surface area contributed by atoms with E-state index in [2.05, 4.69) is 4.84 Å². The number of carbonyl (C=O) groups excluding carboxylic acids is 2. The summed E-state index contributed by atoms with van der Waals surface area (Å²) in [6.07, 6.45) is 2.61. The van der Waals surface area contributed by atoms with Crippen molar-refractivity contribution in [2.75, 3.05) is 6.61 Å². The van der Waals surface area contributed by atoms with E-state index in [1.165, 1.54) is 12.2 Å². The molecule has 0 atom stereocenters. The van der Waals surface area contributed by atoms with Gasteiger partial charge in [-0.05, 0) is 18.2 Å². The molecule has 0 aliphatic heterocycles. The fourth-order valence-electron chi connectivity index (χ4n) is 1.04. The second-order valence-corrected chi connectivity index (χ2v) is 4.00. The maximum absolute atomic E-state index is 11.3. The van der Waals surface area contributed by atoms with Gasteiger partial charge in [0.2, 0.25) is 5.91 Å². The van der Waals surface area contributed by atoms with E-state index in [1.54, 1.807) is 18.2 Å². The van der Waals surface area contributed by atoms with Crippen molar-refractivity contribution in [2.24, 2.45) is 5.73 Å². The van der Waals surface area contributed by atoms with Gasteiger partial charge in [-0.25, -0.2) is 5.48 Å². The van der Waals surface area contributed by atoms with E-state index in [9.17, 15) is 9.59 Å². The van der Waals surface area contributed by atoms with Gasteiger partial charge in [0.1, 0.15) is 0 Å². The van der Waals surface area contributed by atoms with E-state index in [-0.39, 0.29) is 0 Å². The van der Waals surface area contributed by atoms with Crippen molar-refractivity contribution in [3.63, 3.8) is 0 Å². The minimum Gasteiger partial charge on any atom is -0.368 e. The fourth-order valence-corrected chi connectivity index (χ4v) is 1.56. The lowest BCUT2D eigenvalue weighted by molar-refractivity contribution is -0.134. The summed E-state index contributed by atoms with van der Waals surface area (Å²) in [5.41, 5.74) is 7.35. The van der Waals surface area contributed by atoms with E-state index >= 15 is 0 Å². The van der Waals surface area contributed by atoms with Crippen LogP contribution in [-0.4, -0.2) is 18.4 Å². The lowest BCUT2D eigenvalue weighted by Crippen LogP contribution is -2.28. The Morgan fingerprint density at radius 1 is 1.33 bits per heavy atom. The highest BCUT2D eigenvalue weighted by Gasteiger charge is 2.03. The van der Waals surface area contributed by atoms with Crippen LogP contribution in [0.1, 0.15) is 5.56 Å². The van der Waals surface area contributed by atoms with Gasteiger partial charge in [-0.15, -0.1) is 0 Å². The van der Waals surface area contributed by atoms with Crippen molar-refractivity contribution in [1.29, 1.82) is 0 Å². The van der Waals surface area contributed by atoms with Gasteiger partial charge in [0, 0.05) is 21.7 Å². The first-order chi connectivity index (χ1) is 8.50. The maximum Gasteiger partial charge on any atom is 0.267 e. The third-order valence-corrected chi connectivity index (χ3v) is 2.45. The first kappa shape index (κ1) is 14.5. The van der Waals surface area contributed by atoms with Crippen molar-refractivity contribution >= 4 is 41.1 Å². The smallest absolute Gasteiger partial charge is 0.267 e. The topological polar surface area (TPSA) is 81.4 Å². The number of nitrogens with two attached hydrogens (primary N) is 1. The Morgan fingerprint density at radius 2 is 1.94 bits per heavy atom.